The van der Waals surface area contributed by atoms with E-state index in [1.807, 2.05) is 13.1 Å². The fourth-order valence-corrected chi connectivity index (χ4v) is 3.12. The van der Waals surface area contributed by atoms with E-state index < -0.39 is 5.97 Å². The molecule has 0 spiro atoms. The number of ether oxygens (including phenoxy) is 1. The van der Waals surface area contributed by atoms with Crippen LogP contribution < -0.4 is 0 Å². The van der Waals surface area contributed by atoms with Gasteiger partial charge in [-0.05, 0) is 26.7 Å². The Labute approximate surface area is 111 Å². The second-order valence-electron chi connectivity index (χ2n) is 4.59. The maximum atomic E-state index is 10.6. The van der Waals surface area contributed by atoms with Crippen LogP contribution in [0, 0.1) is 6.92 Å². The standard InChI is InChI=1S/C12H18N2O3S/c1-8-6-13-12(18-7-11(15)16)14(8)10-3-4-17-9(2)5-10/h6,9-10H,3-5,7H2,1-2H3,(H,15,16). The van der Waals surface area contributed by atoms with Crippen LogP contribution in [0.2, 0.25) is 0 Å². The number of aromatic nitrogens is 2. The van der Waals surface area contributed by atoms with Gasteiger partial charge in [-0.1, -0.05) is 11.8 Å². The average Bonchev–Trinajstić information content (AvgIpc) is 2.68. The fourth-order valence-electron chi connectivity index (χ4n) is 2.31. The van der Waals surface area contributed by atoms with E-state index in [0.717, 1.165) is 30.3 Å². The normalized spacial score (nSPS) is 24.1. The van der Waals surface area contributed by atoms with E-state index in [1.165, 1.54) is 11.8 Å². The summed E-state index contributed by atoms with van der Waals surface area (Å²) in [5.74, 6) is -0.762. The maximum Gasteiger partial charge on any atom is 0.313 e. The van der Waals surface area contributed by atoms with Gasteiger partial charge in [0, 0.05) is 24.5 Å². The van der Waals surface area contributed by atoms with Gasteiger partial charge in [0.1, 0.15) is 0 Å². The Bertz CT molecular complexity index is 433. The van der Waals surface area contributed by atoms with Crippen molar-refractivity contribution in [3.63, 3.8) is 0 Å². The zero-order chi connectivity index (χ0) is 13.1. The number of carboxylic acid groups (broad SMARTS) is 1. The lowest BCUT2D eigenvalue weighted by Crippen LogP contribution is -2.26. The monoisotopic (exact) mass is 270 g/mol. The summed E-state index contributed by atoms with van der Waals surface area (Å²) < 4.78 is 7.71. The smallest absolute Gasteiger partial charge is 0.313 e. The quantitative estimate of drug-likeness (QED) is 0.849. The highest BCUT2D eigenvalue weighted by Gasteiger charge is 2.24. The van der Waals surface area contributed by atoms with Gasteiger partial charge in [0.05, 0.1) is 11.9 Å². The summed E-state index contributed by atoms with van der Waals surface area (Å²) >= 11 is 1.28. The number of nitrogens with zero attached hydrogens (tertiary/aromatic N) is 2. The summed E-state index contributed by atoms with van der Waals surface area (Å²) in [6, 6.07) is 0.368. The van der Waals surface area contributed by atoms with Crippen molar-refractivity contribution in [1.82, 2.24) is 9.55 Å². The van der Waals surface area contributed by atoms with Crippen LogP contribution in [0.4, 0.5) is 0 Å². The van der Waals surface area contributed by atoms with Crippen molar-refractivity contribution < 1.29 is 14.6 Å². The van der Waals surface area contributed by atoms with Crippen molar-refractivity contribution in [2.75, 3.05) is 12.4 Å². The Morgan fingerprint density at radius 1 is 1.72 bits per heavy atom. The van der Waals surface area contributed by atoms with Gasteiger partial charge >= 0.3 is 5.97 Å². The number of thioether (sulfide) groups is 1. The predicted octanol–water partition coefficient (Wildman–Crippen LogP) is 2.11. The minimum absolute atomic E-state index is 0.0508. The molecule has 1 fully saturated rings. The zero-order valence-electron chi connectivity index (χ0n) is 10.6. The molecule has 6 heteroatoms. The van der Waals surface area contributed by atoms with Gasteiger partial charge in [-0.25, -0.2) is 4.98 Å². The molecular weight excluding hydrogens is 252 g/mol. The van der Waals surface area contributed by atoms with Crippen molar-refractivity contribution in [3.8, 4) is 0 Å². The molecule has 1 aromatic rings. The van der Waals surface area contributed by atoms with Gasteiger partial charge in [-0.3, -0.25) is 4.79 Å². The second-order valence-corrected chi connectivity index (χ2v) is 5.54. The van der Waals surface area contributed by atoms with E-state index in [9.17, 15) is 4.79 Å². The van der Waals surface area contributed by atoms with Crippen LogP contribution in [0.3, 0.4) is 0 Å². The molecule has 1 aliphatic rings. The predicted molar refractivity (Wildman–Crippen MR) is 69.0 cm³/mol. The molecule has 18 heavy (non-hydrogen) atoms. The summed E-state index contributed by atoms with van der Waals surface area (Å²) in [5, 5.41) is 9.55. The molecule has 1 saturated heterocycles. The van der Waals surface area contributed by atoms with Gasteiger partial charge in [-0.15, -0.1) is 0 Å². The molecule has 0 bridgehead atoms. The first kappa shape index (κ1) is 13.4. The average molecular weight is 270 g/mol. The highest BCUT2D eigenvalue weighted by molar-refractivity contribution is 7.99. The highest BCUT2D eigenvalue weighted by Crippen LogP contribution is 2.30. The van der Waals surface area contributed by atoms with Crippen molar-refractivity contribution in [2.45, 2.75) is 44.0 Å². The third kappa shape index (κ3) is 3.05. The van der Waals surface area contributed by atoms with Crippen LogP contribution in [0.5, 0.6) is 0 Å². The van der Waals surface area contributed by atoms with Crippen molar-refractivity contribution >= 4 is 17.7 Å². The summed E-state index contributed by atoms with van der Waals surface area (Å²) in [6.45, 7) is 4.84. The minimum Gasteiger partial charge on any atom is -0.481 e. The lowest BCUT2D eigenvalue weighted by molar-refractivity contribution is -0.133. The molecule has 1 N–H and O–H groups in total. The molecular formula is C12H18N2O3S. The first-order valence-electron chi connectivity index (χ1n) is 6.08. The fraction of sp³-hybridized carbons (Fsp3) is 0.667. The Hall–Kier alpha value is -1.01. The van der Waals surface area contributed by atoms with Crippen LogP contribution in [0.15, 0.2) is 11.4 Å². The Balaban J connectivity index is 2.15. The molecule has 2 rings (SSSR count). The van der Waals surface area contributed by atoms with E-state index in [2.05, 4.69) is 16.5 Å². The third-order valence-electron chi connectivity index (χ3n) is 3.10. The van der Waals surface area contributed by atoms with E-state index in [-0.39, 0.29) is 11.9 Å². The van der Waals surface area contributed by atoms with Gasteiger partial charge in [0.15, 0.2) is 5.16 Å². The number of carboxylic acids is 1. The zero-order valence-corrected chi connectivity index (χ0v) is 11.4. The molecule has 0 aromatic carbocycles. The van der Waals surface area contributed by atoms with Crippen molar-refractivity contribution in [3.05, 3.63) is 11.9 Å². The largest absolute Gasteiger partial charge is 0.481 e. The number of aryl methyl sites for hydroxylation is 1. The number of hydrogen-bond donors (Lipinski definition) is 1. The molecule has 0 radical (unpaired) electrons. The van der Waals surface area contributed by atoms with Gasteiger partial charge in [0.25, 0.3) is 0 Å². The molecule has 2 atom stereocenters. The first-order valence-corrected chi connectivity index (χ1v) is 7.06. The minimum atomic E-state index is -0.812. The van der Waals surface area contributed by atoms with Gasteiger partial charge in [-0.2, -0.15) is 0 Å². The van der Waals surface area contributed by atoms with Gasteiger partial charge in [0.2, 0.25) is 0 Å². The van der Waals surface area contributed by atoms with Crippen LogP contribution in [0.25, 0.3) is 0 Å². The molecule has 1 aliphatic heterocycles. The van der Waals surface area contributed by atoms with Crippen LogP contribution in [-0.4, -0.2) is 39.1 Å². The van der Waals surface area contributed by atoms with Crippen LogP contribution in [-0.2, 0) is 9.53 Å². The molecule has 2 heterocycles. The first-order chi connectivity index (χ1) is 8.58. The lowest BCUT2D eigenvalue weighted by Gasteiger charge is -2.30. The van der Waals surface area contributed by atoms with E-state index in [4.69, 9.17) is 9.84 Å². The van der Waals surface area contributed by atoms with Crippen LogP contribution in [0.1, 0.15) is 31.5 Å². The Morgan fingerprint density at radius 2 is 2.50 bits per heavy atom. The Morgan fingerprint density at radius 3 is 3.17 bits per heavy atom. The van der Waals surface area contributed by atoms with Crippen molar-refractivity contribution in [1.29, 1.82) is 0 Å². The van der Waals surface area contributed by atoms with E-state index in [0.29, 0.717) is 6.04 Å². The Kier molecular flexibility index (Phi) is 4.29. The maximum absolute atomic E-state index is 10.6. The molecule has 0 amide bonds. The summed E-state index contributed by atoms with van der Waals surface area (Å²) in [7, 11) is 0. The number of hydrogen-bond acceptors (Lipinski definition) is 4. The SMILES string of the molecule is Cc1cnc(SCC(=O)O)n1C1CCOC(C)C1. The lowest BCUT2D eigenvalue weighted by atomic mass is 10.0. The number of aliphatic carboxylic acids is 1. The number of rotatable bonds is 4. The highest BCUT2D eigenvalue weighted by atomic mass is 32.2. The molecule has 0 aliphatic carbocycles. The second kappa shape index (κ2) is 5.75. The van der Waals surface area contributed by atoms with Crippen LogP contribution >= 0.6 is 11.8 Å². The molecule has 100 valence electrons. The molecule has 5 nitrogen and oxygen atoms in total. The third-order valence-corrected chi connectivity index (χ3v) is 4.05. The summed E-state index contributed by atoms with van der Waals surface area (Å²) in [5.41, 5.74) is 1.09. The van der Waals surface area contributed by atoms with E-state index >= 15 is 0 Å². The number of imidazole rings is 1. The summed E-state index contributed by atoms with van der Waals surface area (Å²) in [6.07, 6.45) is 3.98. The topological polar surface area (TPSA) is 64.3 Å². The molecule has 2 unspecified atom stereocenters. The molecule has 0 saturated carbocycles. The van der Waals surface area contributed by atoms with E-state index in [1.54, 1.807) is 0 Å². The number of carbonyl (C=O) groups is 1. The van der Waals surface area contributed by atoms with Crippen molar-refractivity contribution in [2.24, 2.45) is 0 Å². The van der Waals surface area contributed by atoms with Gasteiger partial charge < -0.3 is 14.4 Å². The molecule has 1 aromatic heterocycles. The summed E-state index contributed by atoms with van der Waals surface area (Å²) in [4.78, 5) is 15.0.